The van der Waals surface area contributed by atoms with E-state index in [2.05, 4.69) is 10.6 Å². The highest BCUT2D eigenvalue weighted by Crippen LogP contribution is 2.26. The van der Waals surface area contributed by atoms with Gasteiger partial charge in [-0.05, 0) is 39.2 Å². The van der Waals surface area contributed by atoms with Gasteiger partial charge in [-0.15, -0.1) is 0 Å². The molecule has 4 nitrogen and oxygen atoms in total. The fourth-order valence-corrected chi connectivity index (χ4v) is 3.85. The standard InChI is InChI=1S/C12H22N2O2S/c1-12(5-2-6-13-9-12)11(15)14-10-3-7-17(16)8-4-10/h10,13H,2-9H2,1H3,(H,14,15). The van der Waals surface area contributed by atoms with Gasteiger partial charge in [-0.1, -0.05) is 0 Å². The van der Waals surface area contributed by atoms with Crippen LogP contribution >= 0.6 is 0 Å². The normalized spacial score (nSPS) is 38.6. The zero-order valence-electron chi connectivity index (χ0n) is 10.5. The summed E-state index contributed by atoms with van der Waals surface area (Å²) in [5.41, 5.74) is -0.255. The quantitative estimate of drug-likeness (QED) is 0.754. The Balaban J connectivity index is 1.85. The molecule has 2 aliphatic rings. The van der Waals surface area contributed by atoms with Crippen LogP contribution in [0.4, 0.5) is 0 Å². The predicted molar refractivity (Wildman–Crippen MR) is 69.3 cm³/mol. The van der Waals surface area contributed by atoms with Crippen LogP contribution in [0.2, 0.25) is 0 Å². The highest BCUT2D eigenvalue weighted by molar-refractivity contribution is 7.85. The van der Waals surface area contributed by atoms with Crippen LogP contribution in [0.5, 0.6) is 0 Å². The third-order valence-corrected chi connectivity index (χ3v) is 5.25. The van der Waals surface area contributed by atoms with Crippen LogP contribution in [0.25, 0.3) is 0 Å². The number of carbonyl (C=O) groups excluding carboxylic acids is 1. The molecule has 1 amide bonds. The van der Waals surface area contributed by atoms with Gasteiger partial charge in [-0.25, -0.2) is 0 Å². The molecule has 2 heterocycles. The first kappa shape index (κ1) is 13.0. The Bertz CT molecular complexity index is 304. The lowest BCUT2D eigenvalue weighted by atomic mass is 9.81. The van der Waals surface area contributed by atoms with Crippen molar-refractivity contribution in [3.8, 4) is 0 Å². The third-order valence-electron chi connectivity index (χ3n) is 3.87. The molecule has 0 radical (unpaired) electrons. The Morgan fingerprint density at radius 3 is 2.71 bits per heavy atom. The number of piperidine rings is 1. The molecule has 0 aromatic carbocycles. The molecule has 2 aliphatic heterocycles. The summed E-state index contributed by atoms with van der Waals surface area (Å²) in [7, 11) is -0.655. The third kappa shape index (κ3) is 3.28. The van der Waals surface area contributed by atoms with E-state index in [-0.39, 0.29) is 17.4 Å². The van der Waals surface area contributed by atoms with E-state index in [1.54, 1.807) is 0 Å². The molecule has 0 aromatic rings. The van der Waals surface area contributed by atoms with E-state index in [9.17, 15) is 9.00 Å². The van der Waals surface area contributed by atoms with E-state index in [1.807, 2.05) is 6.92 Å². The highest BCUT2D eigenvalue weighted by Gasteiger charge is 2.35. The highest BCUT2D eigenvalue weighted by atomic mass is 32.2. The Morgan fingerprint density at radius 2 is 2.12 bits per heavy atom. The molecular formula is C12H22N2O2S. The molecule has 5 heteroatoms. The number of nitrogens with one attached hydrogen (secondary N) is 2. The average Bonchev–Trinajstić information content (AvgIpc) is 2.33. The first-order chi connectivity index (χ1) is 8.10. The average molecular weight is 258 g/mol. The van der Waals surface area contributed by atoms with Crippen LogP contribution in [0.1, 0.15) is 32.6 Å². The van der Waals surface area contributed by atoms with Crippen molar-refractivity contribution in [1.29, 1.82) is 0 Å². The number of hydrogen-bond donors (Lipinski definition) is 2. The number of hydrogen-bond acceptors (Lipinski definition) is 3. The molecule has 0 bridgehead atoms. The van der Waals surface area contributed by atoms with E-state index in [1.165, 1.54) is 0 Å². The molecule has 1 unspecified atom stereocenters. The van der Waals surface area contributed by atoms with Gasteiger partial charge in [0, 0.05) is 34.9 Å². The van der Waals surface area contributed by atoms with Crippen LogP contribution < -0.4 is 10.6 Å². The molecule has 2 rings (SSSR count). The number of rotatable bonds is 2. The predicted octanol–water partition coefficient (Wildman–Crippen LogP) is 0.403. The number of carbonyl (C=O) groups is 1. The molecule has 2 N–H and O–H groups in total. The van der Waals surface area contributed by atoms with Gasteiger partial charge in [0.05, 0.1) is 5.41 Å². The van der Waals surface area contributed by atoms with Gasteiger partial charge >= 0.3 is 0 Å². The topological polar surface area (TPSA) is 58.2 Å². The second-order valence-electron chi connectivity index (χ2n) is 5.44. The maximum atomic E-state index is 12.2. The van der Waals surface area contributed by atoms with Gasteiger partial charge in [-0.2, -0.15) is 0 Å². The van der Waals surface area contributed by atoms with Crippen LogP contribution in [-0.2, 0) is 15.6 Å². The minimum atomic E-state index is -0.655. The molecule has 2 fully saturated rings. The van der Waals surface area contributed by atoms with E-state index >= 15 is 0 Å². The van der Waals surface area contributed by atoms with E-state index < -0.39 is 10.8 Å². The monoisotopic (exact) mass is 258 g/mol. The summed E-state index contributed by atoms with van der Waals surface area (Å²) in [6, 6.07) is 0.235. The molecular weight excluding hydrogens is 236 g/mol. The fourth-order valence-electron chi connectivity index (χ4n) is 2.55. The second kappa shape index (κ2) is 5.48. The van der Waals surface area contributed by atoms with Gasteiger partial charge in [0.1, 0.15) is 0 Å². The Hall–Kier alpha value is -0.420. The molecule has 0 aromatic heterocycles. The van der Waals surface area contributed by atoms with Gasteiger partial charge in [-0.3, -0.25) is 9.00 Å². The Labute approximate surface area is 105 Å². The molecule has 2 saturated heterocycles. The molecule has 0 spiro atoms. The van der Waals surface area contributed by atoms with Gasteiger partial charge in [0.15, 0.2) is 0 Å². The SMILES string of the molecule is CC1(C(=O)NC2CCS(=O)CC2)CCCNC1. The van der Waals surface area contributed by atoms with Gasteiger partial charge in [0.25, 0.3) is 0 Å². The lowest BCUT2D eigenvalue weighted by molar-refractivity contribution is -0.131. The summed E-state index contributed by atoms with van der Waals surface area (Å²) < 4.78 is 11.2. The van der Waals surface area contributed by atoms with Crippen molar-refractivity contribution in [2.75, 3.05) is 24.6 Å². The lowest BCUT2D eigenvalue weighted by Gasteiger charge is -2.35. The molecule has 0 saturated carbocycles. The summed E-state index contributed by atoms with van der Waals surface area (Å²) in [6.45, 7) is 3.83. The van der Waals surface area contributed by atoms with Gasteiger partial charge < -0.3 is 10.6 Å². The van der Waals surface area contributed by atoms with Crippen LogP contribution in [0.15, 0.2) is 0 Å². The summed E-state index contributed by atoms with van der Waals surface area (Å²) >= 11 is 0. The second-order valence-corrected chi connectivity index (χ2v) is 7.13. The minimum absolute atomic E-state index is 0.169. The van der Waals surface area contributed by atoms with Crippen molar-refractivity contribution in [2.24, 2.45) is 5.41 Å². The summed E-state index contributed by atoms with van der Waals surface area (Å²) in [5.74, 6) is 1.64. The Morgan fingerprint density at radius 1 is 1.41 bits per heavy atom. The van der Waals surface area contributed by atoms with Crippen LogP contribution in [0.3, 0.4) is 0 Å². The summed E-state index contributed by atoms with van der Waals surface area (Å²) in [4.78, 5) is 12.2. The van der Waals surface area contributed by atoms with E-state index in [0.717, 1.165) is 50.3 Å². The first-order valence-electron chi connectivity index (χ1n) is 6.47. The van der Waals surface area contributed by atoms with Crippen molar-refractivity contribution < 1.29 is 9.00 Å². The molecule has 0 aliphatic carbocycles. The summed E-state index contributed by atoms with van der Waals surface area (Å²) in [6.07, 6.45) is 3.76. The van der Waals surface area contributed by atoms with Crippen LogP contribution in [0, 0.1) is 5.41 Å². The zero-order chi connectivity index (χ0) is 12.3. The Kier molecular flexibility index (Phi) is 4.20. The minimum Gasteiger partial charge on any atom is -0.353 e. The maximum absolute atomic E-state index is 12.2. The zero-order valence-corrected chi connectivity index (χ0v) is 11.3. The fraction of sp³-hybridized carbons (Fsp3) is 0.917. The van der Waals surface area contributed by atoms with Crippen molar-refractivity contribution in [1.82, 2.24) is 10.6 Å². The first-order valence-corrected chi connectivity index (χ1v) is 7.96. The maximum Gasteiger partial charge on any atom is 0.227 e. The van der Waals surface area contributed by atoms with E-state index in [4.69, 9.17) is 0 Å². The molecule has 17 heavy (non-hydrogen) atoms. The largest absolute Gasteiger partial charge is 0.353 e. The van der Waals surface area contributed by atoms with Crippen molar-refractivity contribution in [3.05, 3.63) is 0 Å². The van der Waals surface area contributed by atoms with E-state index in [0.29, 0.717) is 0 Å². The van der Waals surface area contributed by atoms with Crippen molar-refractivity contribution in [2.45, 2.75) is 38.6 Å². The van der Waals surface area contributed by atoms with Gasteiger partial charge in [0.2, 0.25) is 5.91 Å². The van der Waals surface area contributed by atoms with Crippen molar-refractivity contribution >= 4 is 16.7 Å². The smallest absolute Gasteiger partial charge is 0.227 e. The summed E-state index contributed by atoms with van der Waals surface area (Å²) in [5, 5.41) is 6.43. The lowest BCUT2D eigenvalue weighted by Crippen LogP contribution is -2.52. The van der Waals surface area contributed by atoms with Crippen molar-refractivity contribution in [3.63, 3.8) is 0 Å². The van der Waals surface area contributed by atoms with Crippen LogP contribution in [-0.4, -0.2) is 40.8 Å². The number of amides is 1. The molecule has 98 valence electrons. The molecule has 1 atom stereocenters.